The van der Waals surface area contributed by atoms with Gasteiger partial charge in [0, 0.05) is 80.8 Å². The van der Waals surface area contributed by atoms with E-state index in [0.29, 0.717) is 37.6 Å². The van der Waals surface area contributed by atoms with Crippen LogP contribution in [0.4, 0.5) is 0 Å². The van der Waals surface area contributed by atoms with Gasteiger partial charge < -0.3 is 59.1 Å². The number of aliphatic hydroxyl groups excluding tert-OH is 2. The molecule has 1 amide bonds. The van der Waals surface area contributed by atoms with E-state index in [1.807, 2.05) is 13.8 Å². The standard InChI is InChI=1S/C53H73N4O16P/c1-26(2)24-57-20-18-53(19-21-57)55-41-38-39-45(63)33(9)49-40(38)50(65)52(11,73-49)70-22-17-27(3)30(6)48(71-34(10)59)32(8)44(62)31(7)47(72-37(61)16-15-35(60)23-36(25-58)74(67,68)69)28(4)13-12-14-29(5)51(66)54-43(46(39)64)42(41)56-53/h12-14,17,22,25-28,30-32,36,42,44,47-48,56,62-64H,15-16,18-21,23-24H2,1-11H3,(H,54,66)(H2,67,68,69)/b13-12+,22-17+,29-14-/t27-,28-,30+,31-,32+,36?,42?,44+,47-,48+,52-/m0/s1. The Morgan fingerprint density at radius 1 is 0.946 bits per heavy atom. The van der Waals surface area contributed by atoms with Crippen molar-refractivity contribution >= 4 is 54.8 Å². The van der Waals surface area contributed by atoms with E-state index in [4.69, 9.17) is 23.9 Å². The number of aliphatic hydroxyl groups is 2. The monoisotopic (exact) mass is 1050 g/mol. The molecule has 0 radical (unpaired) electrons. The number of esters is 2. The molecule has 20 nitrogen and oxygen atoms in total. The molecule has 1 aromatic carbocycles. The fourth-order valence-electron chi connectivity index (χ4n) is 10.6. The van der Waals surface area contributed by atoms with Gasteiger partial charge in [0.25, 0.3) is 11.7 Å². The smallest absolute Gasteiger partial charge is 0.336 e. The van der Waals surface area contributed by atoms with E-state index >= 15 is 0 Å². The number of aliphatic imine (C=N–C) groups is 1. The summed E-state index contributed by atoms with van der Waals surface area (Å²) < 4.78 is 36.0. The van der Waals surface area contributed by atoms with Gasteiger partial charge in [0.15, 0.2) is 0 Å². The molecule has 0 aromatic heterocycles. The number of aldehydes is 1. The largest absolute Gasteiger partial charge is 0.507 e. The van der Waals surface area contributed by atoms with Crippen LogP contribution in [0.2, 0.25) is 0 Å². The number of amides is 1. The molecule has 1 aliphatic carbocycles. The van der Waals surface area contributed by atoms with E-state index in [1.54, 1.807) is 45.9 Å². The zero-order valence-corrected chi connectivity index (χ0v) is 44.9. The second kappa shape index (κ2) is 22.8. The molecule has 0 saturated carbocycles. The van der Waals surface area contributed by atoms with Crippen LogP contribution < -0.4 is 15.4 Å². The lowest BCUT2D eigenvalue weighted by Gasteiger charge is -2.39. The number of nitrogens with one attached hydrogen (secondary N) is 2. The minimum Gasteiger partial charge on any atom is -0.507 e. The Morgan fingerprint density at radius 2 is 1.59 bits per heavy atom. The van der Waals surface area contributed by atoms with Crippen LogP contribution in [0, 0.1) is 42.4 Å². The Morgan fingerprint density at radius 3 is 2.20 bits per heavy atom. The first-order chi connectivity index (χ1) is 34.5. The summed E-state index contributed by atoms with van der Waals surface area (Å²) >= 11 is 0. The Labute approximate surface area is 431 Å². The number of nitrogens with zero attached hydrogens (tertiary/aromatic N) is 2. The van der Waals surface area contributed by atoms with Crippen LogP contribution in [0.5, 0.6) is 11.5 Å². The molecule has 6 aliphatic rings. The van der Waals surface area contributed by atoms with Crippen molar-refractivity contribution in [3.05, 3.63) is 64.1 Å². The zero-order valence-electron chi connectivity index (χ0n) is 44.0. The van der Waals surface area contributed by atoms with E-state index < -0.39 is 139 Å². The van der Waals surface area contributed by atoms with Crippen LogP contribution in [0.25, 0.3) is 5.76 Å². The Bertz CT molecular complexity index is 2610. The van der Waals surface area contributed by atoms with E-state index in [1.165, 1.54) is 33.1 Å². The SMILES string of the molecule is CC(=O)O[C@H]1[C@H](C)[C@H](O)[C@H](C)[C@@H](OC(=O)CCC(=O)CC(C=O)P(=O)(O)O)[C@@H](C)/C=C/C=C(/C)C(=O)NC2=C(O)c3c(O)c(C)c4c(c3C3=NC5(CCN(CC(C)C)CC5)NC32)C(=O)[C@@](C)(O/C=C/[C@H](C)[C@H]1C)O4. The molecular formula is C53H73N4O16P. The number of rotatable bonds is 11. The number of ketones is 2. The van der Waals surface area contributed by atoms with Crippen LogP contribution in [0.3, 0.4) is 0 Å². The predicted octanol–water partition coefficient (Wildman–Crippen LogP) is 5.47. The van der Waals surface area contributed by atoms with E-state index in [0.717, 1.165) is 6.54 Å². The summed E-state index contributed by atoms with van der Waals surface area (Å²) in [5.74, 6) is -9.22. The first kappa shape index (κ1) is 57.8. The molecule has 2 unspecified atom stereocenters. The van der Waals surface area contributed by atoms with Crippen LogP contribution in [0.15, 0.2) is 46.8 Å². The molecule has 21 heteroatoms. The topological polar surface area (TPSA) is 297 Å². The van der Waals surface area contributed by atoms with Gasteiger partial charge in [-0.15, -0.1) is 0 Å². The fraction of sp³-hybridized carbons (Fsp3) is 0.604. The van der Waals surface area contributed by atoms with Gasteiger partial charge in [0.1, 0.15) is 52.9 Å². The van der Waals surface area contributed by atoms with Crippen molar-refractivity contribution < 1.29 is 77.4 Å². The third-order valence-electron chi connectivity index (χ3n) is 15.2. The molecule has 1 aromatic rings. The average Bonchev–Trinajstić information content (AvgIpc) is 3.83. The molecule has 5 bridgehead atoms. The van der Waals surface area contributed by atoms with Gasteiger partial charge in [-0.25, -0.2) is 0 Å². The summed E-state index contributed by atoms with van der Waals surface area (Å²) in [4.78, 5) is 106. The molecule has 5 aliphatic heterocycles. The summed E-state index contributed by atoms with van der Waals surface area (Å²) in [6.07, 6.45) is 3.62. The highest BCUT2D eigenvalue weighted by Gasteiger charge is 2.55. The number of carbonyl (C=O) groups is 6. The second-order valence-corrected chi connectivity index (χ2v) is 23.2. The minimum absolute atomic E-state index is 0.0000480. The van der Waals surface area contributed by atoms with Crippen LogP contribution in [-0.2, 0) is 42.7 Å². The molecule has 74 heavy (non-hydrogen) atoms. The highest BCUT2D eigenvalue weighted by atomic mass is 31.2. The summed E-state index contributed by atoms with van der Waals surface area (Å²) in [6.45, 7) is 21.0. The normalized spacial score (nSPS) is 31.5. The number of hydrogen-bond acceptors (Lipinski definition) is 17. The Hall–Kier alpha value is -5.50. The third kappa shape index (κ3) is 12.1. The number of allylic oxidation sites excluding steroid dienone is 3. The molecule has 7 rings (SSSR count). The maximum absolute atomic E-state index is 14.9. The number of hydrogen-bond donors (Lipinski definition) is 7. The first-order valence-electron chi connectivity index (χ1n) is 25.3. The average molecular weight is 1050 g/mol. The molecular weight excluding hydrogens is 980 g/mol. The summed E-state index contributed by atoms with van der Waals surface area (Å²) in [6, 6.07) is -0.949. The van der Waals surface area contributed by atoms with Crippen molar-refractivity contribution in [1.82, 2.24) is 15.5 Å². The predicted molar refractivity (Wildman–Crippen MR) is 272 cm³/mol. The van der Waals surface area contributed by atoms with Crippen molar-refractivity contribution in [3.8, 4) is 11.5 Å². The molecule has 7 N–H and O–H groups in total. The Balaban J connectivity index is 1.42. The highest BCUT2D eigenvalue weighted by Crippen LogP contribution is 2.52. The number of phenolic OH excluding ortho intramolecular Hbond substituents is 1. The van der Waals surface area contributed by atoms with Crippen LogP contribution in [-0.4, -0.2) is 133 Å². The van der Waals surface area contributed by atoms with E-state index in [-0.39, 0.29) is 45.6 Å². The first-order valence-corrected chi connectivity index (χ1v) is 27.0. The van der Waals surface area contributed by atoms with Crippen molar-refractivity contribution in [2.45, 2.75) is 150 Å². The maximum atomic E-state index is 14.9. The van der Waals surface area contributed by atoms with Crippen molar-refractivity contribution in [2.75, 3.05) is 19.6 Å². The van der Waals surface area contributed by atoms with Crippen molar-refractivity contribution in [1.29, 1.82) is 0 Å². The lowest BCUT2D eigenvalue weighted by molar-refractivity contribution is -0.164. The van der Waals surface area contributed by atoms with Gasteiger partial charge in [0.2, 0.25) is 0 Å². The minimum atomic E-state index is -4.92. The molecule has 1 saturated heterocycles. The number of likely N-dealkylation sites (tertiary alicyclic amines) is 1. The van der Waals surface area contributed by atoms with Crippen LogP contribution >= 0.6 is 7.60 Å². The van der Waals surface area contributed by atoms with Gasteiger partial charge in [-0.1, -0.05) is 66.7 Å². The van der Waals surface area contributed by atoms with Gasteiger partial charge in [-0.05, 0) is 50.5 Å². The number of phenols is 1. The lowest BCUT2D eigenvalue weighted by atomic mass is 9.77. The maximum Gasteiger partial charge on any atom is 0.336 e. The van der Waals surface area contributed by atoms with E-state index in [2.05, 4.69) is 29.4 Å². The molecule has 5 heterocycles. The summed E-state index contributed by atoms with van der Waals surface area (Å²) in [5, 5.41) is 42.8. The number of carbonyl (C=O) groups excluding carboxylic acids is 6. The fourth-order valence-corrected chi connectivity index (χ4v) is 11.2. The Kier molecular flexibility index (Phi) is 17.8. The highest BCUT2D eigenvalue weighted by molar-refractivity contribution is 7.53. The lowest BCUT2D eigenvalue weighted by Crippen LogP contribution is -2.54. The molecule has 406 valence electrons. The van der Waals surface area contributed by atoms with Gasteiger partial charge in [-0.3, -0.25) is 38.8 Å². The number of aromatic hydroxyl groups is 1. The number of Topliss-reactive ketones (excluding diaryl/α,β-unsaturated/α-hetero) is 2. The van der Waals surface area contributed by atoms with Gasteiger partial charge >= 0.3 is 25.3 Å². The summed E-state index contributed by atoms with van der Waals surface area (Å²) in [7, 11) is -4.92. The number of ether oxygens (including phenoxy) is 4. The van der Waals surface area contributed by atoms with Crippen molar-refractivity contribution in [3.63, 3.8) is 0 Å². The zero-order chi connectivity index (χ0) is 54.9. The van der Waals surface area contributed by atoms with Gasteiger partial charge in [-0.2, -0.15) is 0 Å². The number of piperidine rings is 1. The van der Waals surface area contributed by atoms with Gasteiger partial charge in [0.05, 0.1) is 47.4 Å². The molecule has 11 atom stereocenters. The third-order valence-corrected chi connectivity index (χ3v) is 16.4. The van der Waals surface area contributed by atoms with Crippen LogP contribution in [0.1, 0.15) is 128 Å². The molecule has 1 fully saturated rings. The number of fused-ring (bicyclic) bond motifs is 13. The second-order valence-electron chi connectivity index (χ2n) is 21.4. The summed E-state index contributed by atoms with van der Waals surface area (Å²) in [5.41, 5.74) is -2.01. The number of benzene rings is 1. The van der Waals surface area contributed by atoms with Crippen molar-refractivity contribution in [2.24, 2.45) is 40.5 Å². The molecule has 1 spiro atoms. The quantitative estimate of drug-likeness (QED) is 0.0821. The van der Waals surface area contributed by atoms with E-state index in [9.17, 15) is 58.4 Å².